The summed E-state index contributed by atoms with van der Waals surface area (Å²) in [6, 6.07) is 1.17. The van der Waals surface area contributed by atoms with Crippen molar-refractivity contribution >= 4 is 25.6 Å². The van der Waals surface area contributed by atoms with Crippen molar-refractivity contribution in [1.82, 2.24) is 4.90 Å². The first kappa shape index (κ1) is 16.0. The number of hydrogen-bond acceptors (Lipinski definition) is 4. The van der Waals surface area contributed by atoms with Crippen LogP contribution in [0.15, 0.2) is 15.4 Å². The second-order valence-electron chi connectivity index (χ2n) is 5.00. The number of amides is 1. The molecule has 0 aliphatic rings. The third-order valence-corrected chi connectivity index (χ3v) is 4.85. The Morgan fingerprint density at radius 1 is 1.47 bits per heavy atom. The summed E-state index contributed by atoms with van der Waals surface area (Å²) in [7, 11) is 3.01. The first-order chi connectivity index (χ1) is 8.50. The molecular weight excluding hydrogens is 290 g/mol. The van der Waals surface area contributed by atoms with Gasteiger partial charge in [-0.25, -0.2) is 8.42 Å². The number of aryl methyl sites for hydroxylation is 1. The van der Waals surface area contributed by atoms with E-state index in [0.29, 0.717) is 0 Å². The van der Waals surface area contributed by atoms with Gasteiger partial charge in [0, 0.05) is 29.3 Å². The van der Waals surface area contributed by atoms with Crippen LogP contribution in [-0.2, 0) is 9.05 Å². The fourth-order valence-corrected chi connectivity index (χ4v) is 2.58. The lowest BCUT2D eigenvalue weighted by Gasteiger charge is -2.34. The summed E-state index contributed by atoms with van der Waals surface area (Å²) < 4.78 is 27.8. The Kier molecular flexibility index (Phi) is 4.37. The molecule has 0 radical (unpaired) electrons. The van der Waals surface area contributed by atoms with E-state index in [1.165, 1.54) is 17.9 Å². The molecule has 0 aliphatic carbocycles. The van der Waals surface area contributed by atoms with Gasteiger partial charge in [0.25, 0.3) is 15.0 Å². The molecule has 0 aliphatic heterocycles. The number of furan rings is 1. The van der Waals surface area contributed by atoms with Gasteiger partial charge >= 0.3 is 0 Å². The number of rotatable bonds is 4. The zero-order valence-electron chi connectivity index (χ0n) is 11.7. The summed E-state index contributed by atoms with van der Waals surface area (Å²) in [4.78, 5) is 13.6. The zero-order chi connectivity index (χ0) is 15.0. The van der Waals surface area contributed by atoms with Gasteiger partial charge in [0.1, 0.15) is 10.7 Å². The van der Waals surface area contributed by atoms with Gasteiger partial charge in [-0.05, 0) is 27.2 Å². The summed E-state index contributed by atoms with van der Waals surface area (Å²) in [6.45, 7) is 7.25. The smallest absolute Gasteiger partial charge is 0.289 e. The molecule has 5 nitrogen and oxygen atoms in total. The van der Waals surface area contributed by atoms with Gasteiger partial charge in [-0.2, -0.15) is 0 Å². The maximum atomic E-state index is 12.2. The molecule has 1 aromatic rings. The van der Waals surface area contributed by atoms with E-state index in [2.05, 4.69) is 0 Å². The predicted molar refractivity (Wildman–Crippen MR) is 72.9 cm³/mol. The van der Waals surface area contributed by atoms with Crippen LogP contribution in [0.25, 0.3) is 0 Å². The lowest BCUT2D eigenvalue weighted by atomic mass is 10.00. The van der Waals surface area contributed by atoms with Crippen LogP contribution in [0.4, 0.5) is 0 Å². The fraction of sp³-hybridized carbons (Fsp3) is 0.583. The Morgan fingerprint density at radius 2 is 2.00 bits per heavy atom. The molecule has 1 rings (SSSR count). The minimum Gasteiger partial charge on any atom is -0.455 e. The Morgan fingerprint density at radius 3 is 2.37 bits per heavy atom. The Hall–Kier alpha value is -1.01. The topological polar surface area (TPSA) is 67.6 Å². The van der Waals surface area contributed by atoms with E-state index in [4.69, 9.17) is 15.1 Å². The molecule has 0 spiro atoms. The molecular formula is C12H18ClNO4S. The molecule has 0 unspecified atom stereocenters. The van der Waals surface area contributed by atoms with Crippen LogP contribution in [0.5, 0.6) is 0 Å². The van der Waals surface area contributed by atoms with Crippen LogP contribution >= 0.6 is 10.7 Å². The van der Waals surface area contributed by atoms with E-state index >= 15 is 0 Å². The highest BCUT2D eigenvalue weighted by atomic mass is 35.7. The maximum Gasteiger partial charge on any atom is 0.289 e. The summed E-state index contributed by atoms with van der Waals surface area (Å²) in [5.41, 5.74) is -0.349. The molecule has 0 aromatic carbocycles. The number of nitrogens with zero attached hydrogens (tertiary/aromatic N) is 1. The quantitative estimate of drug-likeness (QED) is 0.802. The molecule has 1 heterocycles. The molecule has 0 atom stereocenters. The summed E-state index contributed by atoms with van der Waals surface area (Å²) in [6.07, 6.45) is 0.760. The van der Waals surface area contributed by atoms with Gasteiger partial charge in [0.15, 0.2) is 5.76 Å². The van der Waals surface area contributed by atoms with E-state index in [0.717, 1.165) is 6.42 Å². The van der Waals surface area contributed by atoms with Crippen LogP contribution in [0.3, 0.4) is 0 Å². The molecule has 108 valence electrons. The molecule has 1 amide bonds. The standard InChI is InChI=1S/C12H18ClNO4S/c1-6-12(3,4)14(5)11(15)9-7-10(8(2)18-9)19(13,16)17/h7H,6H2,1-5H3. The largest absolute Gasteiger partial charge is 0.455 e. The number of carbonyl (C=O) groups excluding carboxylic acids is 1. The summed E-state index contributed by atoms with van der Waals surface area (Å²) >= 11 is 0. The Balaban J connectivity index is 3.16. The van der Waals surface area contributed by atoms with E-state index < -0.39 is 9.05 Å². The van der Waals surface area contributed by atoms with Crippen LogP contribution in [0.2, 0.25) is 0 Å². The molecule has 1 aromatic heterocycles. The number of carbonyl (C=O) groups is 1. The maximum absolute atomic E-state index is 12.2. The van der Waals surface area contributed by atoms with E-state index in [9.17, 15) is 13.2 Å². The summed E-state index contributed by atoms with van der Waals surface area (Å²) in [5, 5.41) is 0. The minimum atomic E-state index is -3.91. The Labute approximate surface area is 117 Å². The van der Waals surface area contributed by atoms with Gasteiger partial charge in [-0.3, -0.25) is 4.79 Å². The molecule has 0 saturated carbocycles. The Bertz CT molecular complexity index is 589. The SMILES string of the molecule is CCC(C)(C)N(C)C(=O)c1cc(S(=O)(=O)Cl)c(C)o1. The van der Waals surface area contributed by atoms with Crippen molar-refractivity contribution in [3.05, 3.63) is 17.6 Å². The molecule has 0 fully saturated rings. The van der Waals surface area contributed by atoms with Gasteiger partial charge in [0.05, 0.1) is 0 Å². The zero-order valence-corrected chi connectivity index (χ0v) is 13.2. The second kappa shape index (κ2) is 5.17. The second-order valence-corrected chi connectivity index (χ2v) is 7.53. The molecule has 19 heavy (non-hydrogen) atoms. The lowest BCUT2D eigenvalue weighted by Crippen LogP contribution is -2.44. The van der Waals surface area contributed by atoms with Crippen molar-refractivity contribution in [2.24, 2.45) is 0 Å². The normalized spacial score (nSPS) is 12.5. The minimum absolute atomic E-state index is 0.0271. The summed E-state index contributed by atoms with van der Waals surface area (Å²) in [5.74, 6) is -0.289. The molecule has 0 N–H and O–H groups in total. The van der Waals surface area contributed by atoms with Gasteiger partial charge < -0.3 is 9.32 Å². The van der Waals surface area contributed by atoms with E-state index in [1.54, 1.807) is 7.05 Å². The third-order valence-electron chi connectivity index (χ3n) is 3.42. The van der Waals surface area contributed by atoms with Gasteiger partial charge in [0.2, 0.25) is 0 Å². The van der Waals surface area contributed by atoms with Crippen LogP contribution in [0.1, 0.15) is 43.5 Å². The van der Waals surface area contributed by atoms with Crippen molar-refractivity contribution in [3.8, 4) is 0 Å². The highest BCUT2D eigenvalue weighted by Gasteiger charge is 2.30. The number of hydrogen-bond donors (Lipinski definition) is 0. The first-order valence-corrected chi connectivity index (χ1v) is 8.15. The van der Waals surface area contributed by atoms with Gasteiger partial charge in [-0.15, -0.1) is 0 Å². The average molecular weight is 308 g/mol. The van der Waals surface area contributed by atoms with Crippen molar-refractivity contribution in [2.45, 2.75) is 44.6 Å². The first-order valence-electron chi connectivity index (χ1n) is 5.84. The number of halogens is 1. The van der Waals surface area contributed by atoms with Crippen LogP contribution in [-0.4, -0.2) is 31.8 Å². The van der Waals surface area contributed by atoms with E-state index in [-0.39, 0.29) is 27.9 Å². The predicted octanol–water partition coefficient (Wildman–Crippen LogP) is 2.78. The fourth-order valence-electron chi connectivity index (χ4n) is 1.49. The van der Waals surface area contributed by atoms with Gasteiger partial charge in [-0.1, -0.05) is 6.92 Å². The highest BCUT2D eigenvalue weighted by Crippen LogP contribution is 2.26. The van der Waals surface area contributed by atoms with Crippen molar-refractivity contribution in [2.75, 3.05) is 7.05 Å². The monoisotopic (exact) mass is 307 g/mol. The van der Waals surface area contributed by atoms with Crippen molar-refractivity contribution in [1.29, 1.82) is 0 Å². The molecule has 0 saturated heterocycles. The van der Waals surface area contributed by atoms with E-state index in [1.807, 2.05) is 20.8 Å². The van der Waals surface area contributed by atoms with Crippen molar-refractivity contribution in [3.63, 3.8) is 0 Å². The van der Waals surface area contributed by atoms with Crippen LogP contribution in [0, 0.1) is 6.92 Å². The third kappa shape index (κ3) is 3.30. The average Bonchev–Trinajstić information content (AvgIpc) is 2.69. The molecule has 0 bridgehead atoms. The molecule has 7 heteroatoms. The van der Waals surface area contributed by atoms with Crippen molar-refractivity contribution < 1.29 is 17.6 Å². The lowest BCUT2D eigenvalue weighted by molar-refractivity contribution is 0.0586. The highest BCUT2D eigenvalue weighted by molar-refractivity contribution is 8.13. The van der Waals surface area contributed by atoms with Crippen LogP contribution < -0.4 is 0 Å².